The summed E-state index contributed by atoms with van der Waals surface area (Å²) < 4.78 is 4.76. The van der Waals surface area contributed by atoms with E-state index in [1.807, 2.05) is 22.9 Å². The van der Waals surface area contributed by atoms with Crippen LogP contribution in [-0.4, -0.2) is 24.0 Å². The lowest BCUT2D eigenvalue weighted by Crippen LogP contribution is -2.30. The standard InChI is InChI=1S/C19H17ClN2O3S2/c1-11-17(27-19(21-11)12-7-8-26-10-12)18(24)22-15(9-16(23)25-2)13-5-3-4-6-14(13)20/h3-8,10,15H,9H2,1-2H3,(H,22,24)/t15-/m0/s1. The zero-order valence-corrected chi connectivity index (χ0v) is 17.1. The van der Waals surface area contributed by atoms with Crippen LogP contribution in [0.3, 0.4) is 0 Å². The third kappa shape index (κ3) is 4.55. The van der Waals surface area contributed by atoms with Crippen LogP contribution in [-0.2, 0) is 9.53 Å². The highest BCUT2D eigenvalue weighted by Gasteiger charge is 2.24. The molecule has 0 spiro atoms. The fourth-order valence-corrected chi connectivity index (χ4v) is 4.54. The van der Waals surface area contributed by atoms with Crippen LogP contribution in [0.5, 0.6) is 0 Å². The largest absolute Gasteiger partial charge is 0.469 e. The summed E-state index contributed by atoms with van der Waals surface area (Å²) in [5.74, 6) is -0.722. The van der Waals surface area contributed by atoms with Gasteiger partial charge in [0.2, 0.25) is 0 Å². The molecule has 2 heterocycles. The third-order valence-corrected chi connectivity index (χ3v) is 6.19. The third-order valence-electron chi connectivity index (χ3n) is 3.96. The van der Waals surface area contributed by atoms with Gasteiger partial charge in [-0.15, -0.1) is 11.3 Å². The van der Waals surface area contributed by atoms with Crippen LogP contribution >= 0.6 is 34.3 Å². The van der Waals surface area contributed by atoms with E-state index >= 15 is 0 Å². The van der Waals surface area contributed by atoms with Crippen LogP contribution in [0.2, 0.25) is 5.02 Å². The van der Waals surface area contributed by atoms with Crippen molar-refractivity contribution in [1.82, 2.24) is 10.3 Å². The Morgan fingerprint density at radius 3 is 2.74 bits per heavy atom. The fourth-order valence-electron chi connectivity index (χ4n) is 2.59. The number of aromatic nitrogens is 1. The predicted octanol–water partition coefficient (Wildman–Crippen LogP) is 4.87. The maximum Gasteiger partial charge on any atom is 0.307 e. The molecule has 1 atom stereocenters. The van der Waals surface area contributed by atoms with Crippen molar-refractivity contribution in [2.45, 2.75) is 19.4 Å². The predicted molar refractivity (Wildman–Crippen MR) is 108 cm³/mol. The molecule has 0 aliphatic rings. The first kappa shape index (κ1) is 19.5. The number of halogens is 1. The van der Waals surface area contributed by atoms with Gasteiger partial charge in [-0.05, 0) is 30.0 Å². The van der Waals surface area contributed by atoms with E-state index in [9.17, 15) is 9.59 Å². The van der Waals surface area contributed by atoms with Crippen molar-refractivity contribution in [3.05, 3.63) is 62.2 Å². The van der Waals surface area contributed by atoms with Gasteiger partial charge in [-0.3, -0.25) is 9.59 Å². The Balaban J connectivity index is 1.86. The minimum Gasteiger partial charge on any atom is -0.469 e. The van der Waals surface area contributed by atoms with Gasteiger partial charge in [-0.1, -0.05) is 29.8 Å². The number of ether oxygens (including phenoxy) is 1. The van der Waals surface area contributed by atoms with E-state index in [-0.39, 0.29) is 12.3 Å². The average Bonchev–Trinajstić information content (AvgIpc) is 3.31. The van der Waals surface area contributed by atoms with E-state index in [2.05, 4.69) is 10.3 Å². The topological polar surface area (TPSA) is 68.3 Å². The van der Waals surface area contributed by atoms with Gasteiger partial charge < -0.3 is 10.1 Å². The molecule has 8 heteroatoms. The molecule has 27 heavy (non-hydrogen) atoms. The van der Waals surface area contributed by atoms with Crippen molar-refractivity contribution >= 4 is 46.2 Å². The molecule has 0 saturated heterocycles. The second-order valence-electron chi connectivity index (χ2n) is 5.77. The first-order valence-electron chi connectivity index (χ1n) is 8.11. The Labute approximate surface area is 170 Å². The molecule has 1 aromatic carbocycles. The maximum atomic E-state index is 12.9. The summed E-state index contributed by atoms with van der Waals surface area (Å²) in [6.45, 7) is 1.80. The molecule has 1 N–H and O–H groups in total. The van der Waals surface area contributed by atoms with Gasteiger partial charge in [-0.25, -0.2) is 4.98 Å². The van der Waals surface area contributed by atoms with Gasteiger partial charge in [0.15, 0.2) is 0 Å². The Bertz CT molecular complexity index is 954. The molecule has 0 bridgehead atoms. The fraction of sp³-hybridized carbons (Fsp3) is 0.211. The summed E-state index contributed by atoms with van der Waals surface area (Å²) >= 11 is 9.17. The second kappa shape index (κ2) is 8.65. The number of nitrogens with one attached hydrogen (secondary N) is 1. The Morgan fingerprint density at radius 2 is 2.07 bits per heavy atom. The van der Waals surface area contributed by atoms with Crippen molar-refractivity contribution in [1.29, 1.82) is 0 Å². The number of amides is 1. The van der Waals surface area contributed by atoms with E-state index in [0.29, 0.717) is 21.2 Å². The first-order chi connectivity index (χ1) is 13.0. The summed E-state index contributed by atoms with van der Waals surface area (Å²) in [6.07, 6.45) is -0.0127. The SMILES string of the molecule is COC(=O)C[C@H](NC(=O)c1sc(-c2ccsc2)nc1C)c1ccccc1Cl. The molecule has 3 aromatic rings. The van der Waals surface area contributed by atoms with Crippen LogP contribution in [0.4, 0.5) is 0 Å². The molecule has 140 valence electrons. The van der Waals surface area contributed by atoms with Crippen molar-refractivity contribution in [3.8, 4) is 10.6 Å². The number of thiophene rings is 1. The molecule has 3 rings (SSSR count). The smallest absolute Gasteiger partial charge is 0.307 e. The van der Waals surface area contributed by atoms with Gasteiger partial charge >= 0.3 is 5.97 Å². The quantitative estimate of drug-likeness (QED) is 0.578. The van der Waals surface area contributed by atoms with Gasteiger partial charge in [0.25, 0.3) is 5.91 Å². The van der Waals surface area contributed by atoms with E-state index in [1.54, 1.807) is 36.5 Å². The monoisotopic (exact) mass is 420 g/mol. The lowest BCUT2D eigenvalue weighted by atomic mass is 10.0. The van der Waals surface area contributed by atoms with E-state index in [0.717, 1.165) is 10.6 Å². The summed E-state index contributed by atoms with van der Waals surface area (Å²) in [6, 6.07) is 8.49. The van der Waals surface area contributed by atoms with Gasteiger partial charge in [0.05, 0.1) is 25.3 Å². The number of aryl methyl sites for hydroxylation is 1. The molecule has 0 unspecified atom stereocenters. The van der Waals surface area contributed by atoms with Crippen LogP contribution in [0.15, 0.2) is 41.1 Å². The normalized spacial score (nSPS) is 11.8. The highest BCUT2D eigenvalue weighted by molar-refractivity contribution is 7.17. The number of thiazole rings is 1. The Hall–Kier alpha value is -2.22. The highest BCUT2D eigenvalue weighted by atomic mass is 35.5. The second-order valence-corrected chi connectivity index (χ2v) is 7.96. The molecule has 2 aromatic heterocycles. The number of hydrogen-bond acceptors (Lipinski definition) is 6. The van der Waals surface area contributed by atoms with Gasteiger partial charge in [0, 0.05) is 16.0 Å². The minimum absolute atomic E-state index is 0.0127. The zero-order chi connectivity index (χ0) is 19.4. The number of carbonyl (C=O) groups is 2. The number of carbonyl (C=O) groups excluding carboxylic acids is 2. The lowest BCUT2D eigenvalue weighted by molar-refractivity contribution is -0.141. The molecule has 1 amide bonds. The highest BCUT2D eigenvalue weighted by Crippen LogP contribution is 2.31. The van der Waals surface area contributed by atoms with E-state index in [4.69, 9.17) is 16.3 Å². The van der Waals surface area contributed by atoms with Crippen molar-refractivity contribution < 1.29 is 14.3 Å². The van der Waals surface area contributed by atoms with Gasteiger partial charge in [-0.2, -0.15) is 11.3 Å². The number of benzene rings is 1. The number of rotatable bonds is 6. The van der Waals surface area contributed by atoms with Crippen LogP contribution < -0.4 is 5.32 Å². The maximum absolute atomic E-state index is 12.9. The van der Waals surface area contributed by atoms with Crippen molar-refractivity contribution in [2.75, 3.05) is 7.11 Å². The van der Waals surface area contributed by atoms with Crippen LogP contribution in [0, 0.1) is 6.92 Å². The summed E-state index contributed by atoms with van der Waals surface area (Å²) in [5.41, 5.74) is 2.30. The van der Waals surface area contributed by atoms with Crippen molar-refractivity contribution in [3.63, 3.8) is 0 Å². The number of methoxy groups -OCH3 is 1. The van der Waals surface area contributed by atoms with Crippen LogP contribution in [0.25, 0.3) is 10.6 Å². The van der Waals surface area contributed by atoms with E-state index in [1.165, 1.54) is 18.4 Å². The van der Waals surface area contributed by atoms with Crippen molar-refractivity contribution in [2.24, 2.45) is 0 Å². The molecule has 0 radical (unpaired) electrons. The summed E-state index contributed by atoms with van der Waals surface area (Å²) in [4.78, 5) is 29.7. The Morgan fingerprint density at radius 1 is 1.30 bits per heavy atom. The lowest BCUT2D eigenvalue weighted by Gasteiger charge is -2.19. The Kier molecular flexibility index (Phi) is 6.26. The number of hydrogen-bond donors (Lipinski definition) is 1. The van der Waals surface area contributed by atoms with E-state index < -0.39 is 12.0 Å². The molecule has 5 nitrogen and oxygen atoms in total. The van der Waals surface area contributed by atoms with Crippen LogP contribution in [0.1, 0.15) is 33.4 Å². The molecular formula is C19H17ClN2O3S2. The molecule has 0 aliphatic carbocycles. The number of nitrogens with zero attached hydrogens (tertiary/aromatic N) is 1. The average molecular weight is 421 g/mol. The minimum atomic E-state index is -0.593. The van der Waals surface area contributed by atoms with Gasteiger partial charge in [0.1, 0.15) is 9.88 Å². The summed E-state index contributed by atoms with van der Waals surface area (Å²) in [7, 11) is 1.31. The number of esters is 1. The molecular weight excluding hydrogens is 404 g/mol. The molecule has 0 fully saturated rings. The molecule has 0 saturated carbocycles. The first-order valence-corrected chi connectivity index (χ1v) is 10.3. The molecule has 0 aliphatic heterocycles. The summed E-state index contributed by atoms with van der Waals surface area (Å²) in [5, 5.41) is 8.13. The zero-order valence-electron chi connectivity index (χ0n) is 14.7.